The molecule has 2 nitrogen and oxygen atoms in total. The fourth-order valence-corrected chi connectivity index (χ4v) is 0. The van der Waals surface area contributed by atoms with Crippen LogP contribution in [-0.4, -0.2) is 10.9 Å². The van der Waals surface area contributed by atoms with Crippen LogP contribution in [0.5, 0.6) is 0 Å². The molecule has 0 radical (unpaired) electrons. The second-order valence-corrected chi connectivity index (χ2v) is 2.21. The molecule has 0 amide bonds. The number of hydrogen-bond donors (Lipinski definition) is 1. The predicted octanol–water partition coefficient (Wildman–Crippen LogP) is -0.289. The topological polar surface area (TPSA) is 43.3 Å². The molecule has 0 unspecified atom stereocenters. The van der Waals surface area contributed by atoms with Crippen molar-refractivity contribution < 1.29 is 10.2 Å². The maximum Gasteiger partial charge on any atom is -0.0107 e. The van der Waals surface area contributed by atoms with Crippen molar-refractivity contribution in [3.8, 4) is 0 Å². The first-order valence-corrected chi connectivity index (χ1v) is 2.37. The average molecular weight is 103 g/mol. The van der Waals surface area contributed by atoms with Gasteiger partial charge in [0.1, 0.15) is 0 Å². The smallest absolute Gasteiger partial charge is 0.0107 e. The van der Waals surface area contributed by atoms with E-state index in [2.05, 4.69) is 0 Å². The van der Waals surface area contributed by atoms with Gasteiger partial charge in [-0.15, -0.1) is 0 Å². The van der Waals surface area contributed by atoms with E-state index in [9.17, 15) is 5.11 Å². The lowest BCUT2D eigenvalue weighted by atomic mass is 10.1. The summed E-state index contributed by atoms with van der Waals surface area (Å²) in [7, 11) is 0. The summed E-state index contributed by atoms with van der Waals surface area (Å²) in [5.74, 6) is -1.95. The van der Waals surface area contributed by atoms with Gasteiger partial charge in [-0.3, -0.25) is 0 Å². The Morgan fingerprint density at radius 1 is 1.57 bits per heavy atom. The van der Waals surface area contributed by atoms with Crippen LogP contribution < -0.4 is 5.11 Å². The number of hydrogen-bond acceptors (Lipinski definition) is 2. The van der Waals surface area contributed by atoms with Crippen molar-refractivity contribution in [2.75, 3.05) is 0 Å². The molecule has 0 aliphatic rings. The van der Waals surface area contributed by atoms with Gasteiger partial charge in [0.2, 0.25) is 0 Å². The van der Waals surface area contributed by atoms with Gasteiger partial charge in [-0.05, 0) is 11.7 Å². The highest BCUT2D eigenvalue weighted by atomic mass is 16.5. The molecule has 1 atom stereocenters. The first-order valence-electron chi connectivity index (χ1n) is 2.37. The van der Waals surface area contributed by atoms with Crippen molar-refractivity contribution in [3.63, 3.8) is 0 Å². The molecule has 0 bridgehead atoms. The zero-order valence-corrected chi connectivity index (χ0v) is 4.93. The van der Waals surface area contributed by atoms with Gasteiger partial charge in [0.05, 0.1) is 0 Å². The van der Waals surface area contributed by atoms with Crippen molar-refractivity contribution in [1.82, 2.24) is 0 Å². The Kier molecular flexibility index (Phi) is 1.78. The molecule has 1 N–H and O–H groups in total. The largest absolute Gasteiger partial charge is 0.829 e. The lowest BCUT2D eigenvalue weighted by molar-refractivity contribution is -0.553. The molecule has 44 valence electrons. The van der Waals surface area contributed by atoms with Crippen LogP contribution >= 0.6 is 0 Å². The van der Waals surface area contributed by atoms with E-state index >= 15 is 0 Å². The summed E-state index contributed by atoms with van der Waals surface area (Å²) < 4.78 is 0. The van der Waals surface area contributed by atoms with Gasteiger partial charge in [0.15, 0.2) is 0 Å². The fourth-order valence-electron chi connectivity index (χ4n) is 0. The lowest BCUT2D eigenvalue weighted by Gasteiger charge is -2.33. The zero-order valence-electron chi connectivity index (χ0n) is 4.93. The summed E-state index contributed by atoms with van der Waals surface area (Å²) in [5.41, 5.74) is 0. The van der Waals surface area contributed by atoms with E-state index in [1.165, 1.54) is 6.92 Å². The van der Waals surface area contributed by atoms with E-state index in [-0.39, 0.29) is 5.92 Å². The summed E-state index contributed by atoms with van der Waals surface area (Å²) in [5, 5.41) is 18.9. The minimum Gasteiger partial charge on any atom is -0.829 e. The van der Waals surface area contributed by atoms with E-state index in [1.54, 1.807) is 13.8 Å². The fraction of sp³-hybridized carbons (Fsp3) is 1.00. The highest BCUT2D eigenvalue weighted by Gasteiger charge is 2.07. The molecule has 0 aromatic heterocycles. The molecule has 7 heavy (non-hydrogen) atoms. The molecule has 0 aromatic carbocycles. The van der Waals surface area contributed by atoms with Crippen LogP contribution in [0.4, 0.5) is 0 Å². The second-order valence-electron chi connectivity index (χ2n) is 2.21. The average Bonchev–Trinajstić information content (AvgIpc) is 1.31. The normalized spacial score (nSPS) is 19.7. The van der Waals surface area contributed by atoms with E-state index in [0.717, 1.165) is 0 Å². The minimum atomic E-state index is -1.75. The molecule has 0 spiro atoms. The highest BCUT2D eigenvalue weighted by Crippen LogP contribution is 2.05. The van der Waals surface area contributed by atoms with E-state index in [0.29, 0.717) is 0 Å². The van der Waals surface area contributed by atoms with Gasteiger partial charge in [-0.1, -0.05) is 20.8 Å². The standard InChI is InChI=1S/C5H11O2/c1-4(2)5(3,6)7/h4,6H,1-3H3/q-1/t5-/m1/s1. The van der Waals surface area contributed by atoms with Crippen LogP contribution in [0, 0.1) is 5.92 Å². The summed E-state index contributed by atoms with van der Waals surface area (Å²) in [6.07, 6.45) is 0. The molecule has 0 aliphatic heterocycles. The third-order valence-corrected chi connectivity index (χ3v) is 1.07. The Hall–Kier alpha value is -0.0800. The Labute approximate surface area is 43.8 Å². The Balaban J connectivity index is 3.54. The minimum absolute atomic E-state index is 0.201. The number of rotatable bonds is 1. The van der Waals surface area contributed by atoms with Gasteiger partial charge < -0.3 is 10.2 Å². The Morgan fingerprint density at radius 2 is 1.71 bits per heavy atom. The van der Waals surface area contributed by atoms with E-state index in [4.69, 9.17) is 5.11 Å². The maximum atomic E-state index is 10.4. The van der Waals surface area contributed by atoms with Crippen molar-refractivity contribution in [2.24, 2.45) is 5.92 Å². The third-order valence-electron chi connectivity index (χ3n) is 1.07. The molecule has 0 saturated carbocycles. The molecule has 0 aromatic rings. The summed E-state index contributed by atoms with van der Waals surface area (Å²) in [6, 6.07) is 0. The van der Waals surface area contributed by atoms with Crippen LogP contribution in [0.15, 0.2) is 0 Å². The molecule has 0 saturated heterocycles. The third kappa shape index (κ3) is 2.60. The van der Waals surface area contributed by atoms with Crippen molar-refractivity contribution in [3.05, 3.63) is 0 Å². The monoisotopic (exact) mass is 103 g/mol. The molecular formula is C5H11O2-. The molecule has 2 heteroatoms. The molecular weight excluding hydrogens is 92.1 g/mol. The van der Waals surface area contributed by atoms with Crippen molar-refractivity contribution in [1.29, 1.82) is 0 Å². The molecule has 0 heterocycles. The summed E-state index contributed by atoms with van der Waals surface area (Å²) in [4.78, 5) is 0. The molecule has 0 fully saturated rings. The van der Waals surface area contributed by atoms with Gasteiger partial charge >= 0.3 is 0 Å². The Bertz CT molecular complexity index is 51.6. The van der Waals surface area contributed by atoms with Crippen LogP contribution in [-0.2, 0) is 0 Å². The Morgan fingerprint density at radius 3 is 1.71 bits per heavy atom. The van der Waals surface area contributed by atoms with Crippen LogP contribution in [0.2, 0.25) is 0 Å². The SMILES string of the molecule is CC(C)[C@@](C)([O-])O. The lowest BCUT2D eigenvalue weighted by Crippen LogP contribution is -2.45. The van der Waals surface area contributed by atoms with Crippen molar-refractivity contribution in [2.45, 2.75) is 26.6 Å². The summed E-state index contributed by atoms with van der Waals surface area (Å²) >= 11 is 0. The van der Waals surface area contributed by atoms with E-state index < -0.39 is 5.79 Å². The van der Waals surface area contributed by atoms with Gasteiger partial charge in [-0.25, -0.2) is 0 Å². The van der Waals surface area contributed by atoms with Gasteiger partial charge in [0, 0.05) is 0 Å². The van der Waals surface area contributed by atoms with Crippen LogP contribution in [0.25, 0.3) is 0 Å². The van der Waals surface area contributed by atoms with Gasteiger partial charge in [0.25, 0.3) is 0 Å². The second kappa shape index (κ2) is 1.80. The molecule has 0 aliphatic carbocycles. The van der Waals surface area contributed by atoms with Crippen LogP contribution in [0.3, 0.4) is 0 Å². The van der Waals surface area contributed by atoms with Crippen LogP contribution in [0.1, 0.15) is 20.8 Å². The zero-order chi connectivity index (χ0) is 6.08. The first kappa shape index (κ1) is 6.92. The maximum absolute atomic E-state index is 10.4. The van der Waals surface area contributed by atoms with E-state index in [1.807, 2.05) is 0 Å². The predicted molar refractivity (Wildman–Crippen MR) is 25.5 cm³/mol. The highest BCUT2D eigenvalue weighted by molar-refractivity contribution is 4.57. The number of aliphatic hydroxyl groups is 1. The van der Waals surface area contributed by atoms with Gasteiger partial charge in [-0.2, -0.15) is 0 Å². The molecule has 0 rings (SSSR count). The van der Waals surface area contributed by atoms with Crippen molar-refractivity contribution >= 4 is 0 Å². The first-order chi connectivity index (χ1) is 2.94. The summed E-state index contributed by atoms with van der Waals surface area (Å²) in [6.45, 7) is 4.64. The quantitative estimate of drug-likeness (QED) is 0.463.